The van der Waals surface area contributed by atoms with Crippen LogP contribution in [0, 0.1) is 5.92 Å². The molecule has 0 saturated carbocycles. The van der Waals surface area contributed by atoms with Gasteiger partial charge in [-0.05, 0) is 56.2 Å². The van der Waals surface area contributed by atoms with E-state index in [1.807, 2.05) is 30.3 Å². The molecule has 1 aliphatic heterocycles. The standard InChI is InChI=1S/C22H25N3O4/c1-15(23-21(27)17-11-13-29-14-12-17)20(26)24-19-9-7-16(8-10-19)22(28)25-18-5-3-2-4-6-18/h2-10,15,17H,11-14H2,1H3,(H,23,27)(H,24,26)(H,25,28)/t15-/m1/s1. The number of para-hydroxylation sites is 1. The number of anilines is 2. The Morgan fingerprint density at radius 1 is 0.897 bits per heavy atom. The van der Waals surface area contributed by atoms with E-state index < -0.39 is 6.04 Å². The maximum atomic E-state index is 12.4. The number of amides is 3. The number of ether oxygens (including phenoxy) is 1. The first-order valence-electron chi connectivity index (χ1n) is 9.68. The van der Waals surface area contributed by atoms with Gasteiger partial charge >= 0.3 is 0 Å². The summed E-state index contributed by atoms with van der Waals surface area (Å²) >= 11 is 0. The number of carbonyl (C=O) groups is 3. The van der Waals surface area contributed by atoms with Gasteiger partial charge in [0.1, 0.15) is 6.04 Å². The van der Waals surface area contributed by atoms with Crippen molar-refractivity contribution in [3.8, 4) is 0 Å². The Morgan fingerprint density at radius 3 is 2.17 bits per heavy atom. The Bertz CT molecular complexity index is 846. The van der Waals surface area contributed by atoms with Crippen LogP contribution in [0.25, 0.3) is 0 Å². The fraction of sp³-hybridized carbons (Fsp3) is 0.318. The number of nitrogens with one attached hydrogen (secondary N) is 3. The van der Waals surface area contributed by atoms with Crippen molar-refractivity contribution in [3.63, 3.8) is 0 Å². The molecule has 2 aromatic carbocycles. The van der Waals surface area contributed by atoms with E-state index in [-0.39, 0.29) is 23.6 Å². The molecule has 29 heavy (non-hydrogen) atoms. The third-order valence-corrected chi connectivity index (χ3v) is 4.79. The van der Waals surface area contributed by atoms with E-state index in [1.165, 1.54) is 0 Å². The second-order valence-corrected chi connectivity index (χ2v) is 7.00. The van der Waals surface area contributed by atoms with Crippen LogP contribution in [0.15, 0.2) is 54.6 Å². The molecule has 1 saturated heterocycles. The fourth-order valence-corrected chi connectivity index (χ4v) is 3.04. The molecule has 0 spiro atoms. The maximum Gasteiger partial charge on any atom is 0.255 e. The van der Waals surface area contributed by atoms with Crippen LogP contribution in [-0.2, 0) is 14.3 Å². The van der Waals surface area contributed by atoms with Crippen molar-refractivity contribution in [2.75, 3.05) is 23.8 Å². The van der Waals surface area contributed by atoms with Crippen molar-refractivity contribution in [2.24, 2.45) is 5.92 Å². The van der Waals surface area contributed by atoms with E-state index in [4.69, 9.17) is 4.74 Å². The summed E-state index contributed by atoms with van der Waals surface area (Å²) in [5.41, 5.74) is 1.75. The zero-order valence-electron chi connectivity index (χ0n) is 16.3. The molecule has 3 N–H and O–H groups in total. The summed E-state index contributed by atoms with van der Waals surface area (Å²) < 4.78 is 5.25. The summed E-state index contributed by atoms with van der Waals surface area (Å²) in [4.78, 5) is 36.9. The van der Waals surface area contributed by atoms with Crippen LogP contribution in [0.1, 0.15) is 30.1 Å². The van der Waals surface area contributed by atoms with E-state index in [0.29, 0.717) is 43.0 Å². The smallest absolute Gasteiger partial charge is 0.255 e. The Hall–Kier alpha value is -3.19. The van der Waals surface area contributed by atoms with E-state index in [9.17, 15) is 14.4 Å². The van der Waals surface area contributed by atoms with Crippen molar-refractivity contribution in [3.05, 3.63) is 60.2 Å². The average Bonchev–Trinajstić information content (AvgIpc) is 2.75. The van der Waals surface area contributed by atoms with Gasteiger partial charge in [-0.1, -0.05) is 18.2 Å². The first-order chi connectivity index (χ1) is 14.0. The number of rotatable bonds is 6. The molecule has 0 aliphatic carbocycles. The van der Waals surface area contributed by atoms with Gasteiger partial charge in [-0.3, -0.25) is 14.4 Å². The minimum atomic E-state index is -0.661. The first-order valence-corrected chi connectivity index (χ1v) is 9.68. The Balaban J connectivity index is 1.51. The molecule has 1 atom stereocenters. The quantitative estimate of drug-likeness (QED) is 0.701. The number of hydrogen-bond acceptors (Lipinski definition) is 4. The molecule has 7 heteroatoms. The Kier molecular flexibility index (Phi) is 6.97. The van der Waals surface area contributed by atoms with Gasteiger partial charge in [0.2, 0.25) is 11.8 Å². The molecule has 3 amide bonds. The van der Waals surface area contributed by atoms with Crippen molar-refractivity contribution in [1.82, 2.24) is 5.32 Å². The highest BCUT2D eigenvalue weighted by Crippen LogP contribution is 2.15. The molecule has 1 aliphatic rings. The SMILES string of the molecule is C[C@@H](NC(=O)C1CCOCC1)C(=O)Nc1ccc(C(=O)Nc2ccccc2)cc1. The van der Waals surface area contributed by atoms with Gasteiger partial charge < -0.3 is 20.7 Å². The zero-order chi connectivity index (χ0) is 20.6. The van der Waals surface area contributed by atoms with Gasteiger partial charge in [0, 0.05) is 36.1 Å². The number of benzene rings is 2. The van der Waals surface area contributed by atoms with Crippen LogP contribution in [0.3, 0.4) is 0 Å². The largest absolute Gasteiger partial charge is 0.381 e. The predicted molar refractivity (Wildman–Crippen MR) is 111 cm³/mol. The van der Waals surface area contributed by atoms with Gasteiger partial charge in [0.25, 0.3) is 5.91 Å². The van der Waals surface area contributed by atoms with E-state index in [2.05, 4.69) is 16.0 Å². The molecule has 7 nitrogen and oxygen atoms in total. The molecule has 2 aromatic rings. The second kappa shape index (κ2) is 9.84. The number of hydrogen-bond donors (Lipinski definition) is 3. The van der Waals surface area contributed by atoms with Gasteiger partial charge in [-0.25, -0.2) is 0 Å². The first kappa shape index (κ1) is 20.5. The van der Waals surface area contributed by atoms with E-state index in [1.54, 1.807) is 31.2 Å². The van der Waals surface area contributed by atoms with Gasteiger partial charge in [0.15, 0.2) is 0 Å². The molecule has 0 unspecified atom stereocenters. The Labute approximate surface area is 169 Å². The normalized spacial score (nSPS) is 15.2. The molecule has 1 fully saturated rings. The molecule has 152 valence electrons. The lowest BCUT2D eigenvalue weighted by Crippen LogP contribution is -2.45. The summed E-state index contributed by atoms with van der Waals surface area (Å²) in [6.07, 6.45) is 1.35. The third kappa shape index (κ3) is 5.89. The second-order valence-electron chi connectivity index (χ2n) is 7.00. The van der Waals surface area contributed by atoms with Gasteiger partial charge in [0.05, 0.1) is 0 Å². The van der Waals surface area contributed by atoms with Crippen LogP contribution < -0.4 is 16.0 Å². The summed E-state index contributed by atoms with van der Waals surface area (Å²) in [5.74, 6) is -0.775. The van der Waals surface area contributed by atoms with Crippen molar-refractivity contribution >= 4 is 29.1 Å². The van der Waals surface area contributed by atoms with E-state index in [0.717, 1.165) is 0 Å². The molecule has 1 heterocycles. The highest BCUT2D eigenvalue weighted by Gasteiger charge is 2.24. The van der Waals surface area contributed by atoms with Crippen LogP contribution in [-0.4, -0.2) is 37.0 Å². The molecule has 3 rings (SSSR count). The van der Waals surface area contributed by atoms with Gasteiger partial charge in [-0.15, -0.1) is 0 Å². The van der Waals surface area contributed by atoms with Crippen molar-refractivity contribution in [2.45, 2.75) is 25.8 Å². The third-order valence-electron chi connectivity index (χ3n) is 4.79. The highest BCUT2D eigenvalue weighted by atomic mass is 16.5. The minimum Gasteiger partial charge on any atom is -0.381 e. The van der Waals surface area contributed by atoms with Crippen LogP contribution in [0.2, 0.25) is 0 Å². The highest BCUT2D eigenvalue weighted by molar-refractivity contribution is 6.04. The van der Waals surface area contributed by atoms with Crippen molar-refractivity contribution < 1.29 is 19.1 Å². The summed E-state index contributed by atoms with van der Waals surface area (Å²) in [6, 6.07) is 15.1. The van der Waals surface area contributed by atoms with Crippen LogP contribution >= 0.6 is 0 Å². The van der Waals surface area contributed by atoms with E-state index >= 15 is 0 Å². The fourth-order valence-electron chi connectivity index (χ4n) is 3.04. The zero-order valence-corrected chi connectivity index (χ0v) is 16.3. The molecule has 0 aromatic heterocycles. The predicted octanol–water partition coefficient (Wildman–Crippen LogP) is 2.81. The van der Waals surface area contributed by atoms with Gasteiger partial charge in [-0.2, -0.15) is 0 Å². The number of carbonyl (C=O) groups excluding carboxylic acids is 3. The summed E-state index contributed by atoms with van der Waals surface area (Å²) in [7, 11) is 0. The average molecular weight is 395 g/mol. The lowest BCUT2D eigenvalue weighted by molar-refractivity contribution is -0.131. The lowest BCUT2D eigenvalue weighted by Gasteiger charge is -2.23. The van der Waals surface area contributed by atoms with Crippen molar-refractivity contribution in [1.29, 1.82) is 0 Å². The molecule has 0 radical (unpaired) electrons. The molecular formula is C22H25N3O4. The van der Waals surface area contributed by atoms with Crippen LogP contribution in [0.5, 0.6) is 0 Å². The topological polar surface area (TPSA) is 96.5 Å². The van der Waals surface area contributed by atoms with Crippen LogP contribution in [0.4, 0.5) is 11.4 Å². The molecular weight excluding hydrogens is 370 g/mol. The molecule has 0 bridgehead atoms. The summed E-state index contributed by atoms with van der Waals surface area (Å²) in [6.45, 7) is 2.79. The minimum absolute atomic E-state index is 0.110. The monoisotopic (exact) mass is 395 g/mol. The lowest BCUT2D eigenvalue weighted by atomic mass is 9.99. The Morgan fingerprint density at radius 2 is 1.52 bits per heavy atom. The maximum absolute atomic E-state index is 12.4. The summed E-state index contributed by atoms with van der Waals surface area (Å²) in [5, 5.41) is 8.32.